The van der Waals surface area contributed by atoms with Crippen LogP contribution in [-0.2, 0) is 12.8 Å². The second-order valence-electron chi connectivity index (χ2n) is 4.77. The van der Waals surface area contributed by atoms with Crippen molar-refractivity contribution < 1.29 is 5.11 Å². The number of benzene rings is 1. The first kappa shape index (κ1) is 13.7. The lowest BCUT2D eigenvalue weighted by atomic mass is 10.0. The van der Waals surface area contributed by atoms with Crippen LogP contribution in [0.3, 0.4) is 0 Å². The van der Waals surface area contributed by atoms with Crippen LogP contribution in [0.1, 0.15) is 18.1 Å². The maximum Gasteiger partial charge on any atom is 0.122 e. The quantitative estimate of drug-likeness (QED) is 0.877. The molecule has 0 radical (unpaired) electrons. The van der Waals surface area contributed by atoms with Crippen molar-refractivity contribution in [3.05, 3.63) is 28.3 Å². The molecule has 18 heavy (non-hydrogen) atoms. The number of hydrogen-bond acceptors (Lipinski definition) is 3. The van der Waals surface area contributed by atoms with E-state index in [2.05, 4.69) is 10.2 Å². The summed E-state index contributed by atoms with van der Waals surface area (Å²) in [5.74, 6) is 0.428. The number of aromatic hydroxyl groups is 1. The Labute approximate surface area is 114 Å². The third-order valence-electron chi connectivity index (χ3n) is 3.52. The number of hydrogen-bond donors (Lipinski definition) is 2. The number of nitrogens with zero attached hydrogens (tertiary/aromatic N) is 1. The first-order valence-corrected chi connectivity index (χ1v) is 7.02. The van der Waals surface area contributed by atoms with Crippen molar-refractivity contribution >= 4 is 11.6 Å². The molecule has 0 amide bonds. The molecule has 0 bridgehead atoms. The monoisotopic (exact) mass is 268 g/mol. The number of piperazine rings is 1. The van der Waals surface area contributed by atoms with Crippen LogP contribution in [-0.4, -0.2) is 42.7 Å². The Kier molecular flexibility index (Phi) is 4.87. The van der Waals surface area contributed by atoms with Crippen LogP contribution < -0.4 is 5.32 Å². The van der Waals surface area contributed by atoms with Gasteiger partial charge in [-0.1, -0.05) is 18.5 Å². The molecule has 2 N–H and O–H groups in total. The first-order chi connectivity index (χ1) is 8.70. The summed E-state index contributed by atoms with van der Waals surface area (Å²) < 4.78 is 0. The van der Waals surface area contributed by atoms with Gasteiger partial charge < -0.3 is 15.3 Å². The number of phenolic OH excluding ortho intramolecular Hbond substituents is 1. The van der Waals surface area contributed by atoms with Crippen molar-refractivity contribution in [2.24, 2.45) is 0 Å². The van der Waals surface area contributed by atoms with Gasteiger partial charge in [0.15, 0.2) is 0 Å². The minimum Gasteiger partial charge on any atom is -0.507 e. The molecule has 3 nitrogen and oxygen atoms in total. The molecule has 1 fully saturated rings. The second-order valence-corrected chi connectivity index (χ2v) is 5.20. The van der Waals surface area contributed by atoms with Gasteiger partial charge in [0.1, 0.15) is 5.75 Å². The number of nitrogens with one attached hydrogen (secondary N) is 1. The Hall–Kier alpha value is -0.770. The van der Waals surface area contributed by atoms with Crippen molar-refractivity contribution in [2.75, 3.05) is 32.7 Å². The molecule has 1 aliphatic heterocycles. The van der Waals surface area contributed by atoms with Gasteiger partial charge in [-0.05, 0) is 36.1 Å². The van der Waals surface area contributed by atoms with E-state index in [4.69, 9.17) is 11.6 Å². The Bertz CT molecular complexity index is 403. The van der Waals surface area contributed by atoms with Crippen LogP contribution in [0.15, 0.2) is 12.1 Å². The van der Waals surface area contributed by atoms with Crippen molar-refractivity contribution in [3.63, 3.8) is 0 Å². The molecule has 1 aliphatic rings. The topological polar surface area (TPSA) is 35.5 Å². The van der Waals surface area contributed by atoms with Crippen LogP contribution in [0.25, 0.3) is 0 Å². The molecule has 0 aliphatic carbocycles. The van der Waals surface area contributed by atoms with E-state index in [0.29, 0.717) is 5.75 Å². The first-order valence-electron chi connectivity index (χ1n) is 6.64. The Morgan fingerprint density at radius 3 is 2.61 bits per heavy atom. The summed E-state index contributed by atoms with van der Waals surface area (Å²) in [6.07, 6.45) is 1.67. The fourth-order valence-electron chi connectivity index (χ4n) is 2.39. The predicted octanol–water partition coefficient (Wildman–Crippen LogP) is 2.06. The van der Waals surface area contributed by atoms with Gasteiger partial charge in [-0.25, -0.2) is 0 Å². The highest BCUT2D eigenvalue weighted by atomic mass is 35.5. The van der Waals surface area contributed by atoms with Gasteiger partial charge in [-0.3, -0.25) is 0 Å². The van der Waals surface area contributed by atoms with Crippen LogP contribution >= 0.6 is 11.6 Å². The minimum absolute atomic E-state index is 0.428. The maximum absolute atomic E-state index is 10.2. The summed E-state index contributed by atoms with van der Waals surface area (Å²) in [7, 11) is 0. The number of halogens is 1. The van der Waals surface area contributed by atoms with Gasteiger partial charge in [-0.2, -0.15) is 0 Å². The summed E-state index contributed by atoms with van der Waals surface area (Å²) in [5, 5.41) is 14.2. The summed E-state index contributed by atoms with van der Waals surface area (Å²) in [5.41, 5.74) is 1.91. The van der Waals surface area contributed by atoms with Gasteiger partial charge in [0.2, 0.25) is 0 Å². The van der Waals surface area contributed by atoms with Crippen LogP contribution in [0.5, 0.6) is 5.75 Å². The molecule has 2 rings (SSSR count). The van der Waals surface area contributed by atoms with E-state index < -0.39 is 0 Å². The normalized spacial score (nSPS) is 17.0. The fourth-order valence-corrected chi connectivity index (χ4v) is 2.65. The molecule has 100 valence electrons. The van der Waals surface area contributed by atoms with Gasteiger partial charge in [-0.15, -0.1) is 0 Å². The smallest absolute Gasteiger partial charge is 0.122 e. The van der Waals surface area contributed by atoms with Gasteiger partial charge in [0.25, 0.3) is 0 Å². The molecular weight excluding hydrogens is 248 g/mol. The van der Waals surface area contributed by atoms with Crippen LogP contribution in [0.2, 0.25) is 5.02 Å². The number of phenols is 1. The Balaban J connectivity index is 2.01. The molecule has 0 spiro atoms. The van der Waals surface area contributed by atoms with Crippen molar-refractivity contribution in [1.29, 1.82) is 0 Å². The lowest BCUT2D eigenvalue weighted by Crippen LogP contribution is -2.44. The van der Waals surface area contributed by atoms with Gasteiger partial charge in [0.05, 0.1) is 0 Å². The molecule has 0 unspecified atom stereocenters. The lowest BCUT2D eigenvalue weighted by molar-refractivity contribution is 0.243. The Morgan fingerprint density at radius 2 is 1.94 bits per heavy atom. The number of rotatable bonds is 4. The Morgan fingerprint density at radius 1 is 1.28 bits per heavy atom. The van der Waals surface area contributed by atoms with Gasteiger partial charge in [0, 0.05) is 37.7 Å². The van der Waals surface area contributed by atoms with Crippen molar-refractivity contribution in [3.8, 4) is 5.75 Å². The SMILES string of the molecule is CCc1cc(Cl)cc(CCN2CCNCC2)c1O. The fraction of sp³-hybridized carbons (Fsp3) is 0.571. The molecule has 1 aromatic carbocycles. The van der Waals surface area contributed by atoms with E-state index in [-0.39, 0.29) is 0 Å². The van der Waals surface area contributed by atoms with Gasteiger partial charge >= 0.3 is 0 Å². The average molecular weight is 269 g/mol. The zero-order chi connectivity index (χ0) is 13.0. The predicted molar refractivity (Wildman–Crippen MR) is 75.5 cm³/mol. The standard InChI is InChI=1S/C14H21ClN2O/c1-2-11-9-13(15)10-12(14(11)18)3-6-17-7-4-16-5-8-17/h9-10,16,18H,2-8H2,1H3. The molecule has 1 saturated heterocycles. The summed E-state index contributed by atoms with van der Waals surface area (Å²) >= 11 is 6.09. The largest absolute Gasteiger partial charge is 0.507 e. The van der Waals surface area contributed by atoms with Crippen molar-refractivity contribution in [1.82, 2.24) is 10.2 Å². The third kappa shape index (κ3) is 3.37. The molecule has 0 aromatic heterocycles. The van der Waals surface area contributed by atoms with Crippen molar-refractivity contribution in [2.45, 2.75) is 19.8 Å². The molecule has 1 heterocycles. The zero-order valence-electron chi connectivity index (χ0n) is 10.9. The minimum atomic E-state index is 0.428. The van der Waals surface area contributed by atoms with Crippen LogP contribution in [0, 0.1) is 0 Å². The highest BCUT2D eigenvalue weighted by molar-refractivity contribution is 6.30. The molecule has 0 atom stereocenters. The van der Waals surface area contributed by atoms with Crippen LogP contribution in [0.4, 0.5) is 0 Å². The molecule has 1 aromatic rings. The molecular formula is C14H21ClN2O. The maximum atomic E-state index is 10.2. The van der Waals surface area contributed by atoms with E-state index in [9.17, 15) is 5.11 Å². The van der Waals surface area contributed by atoms with E-state index in [1.165, 1.54) is 0 Å². The number of aryl methyl sites for hydroxylation is 1. The zero-order valence-corrected chi connectivity index (χ0v) is 11.6. The van der Waals surface area contributed by atoms with E-state index >= 15 is 0 Å². The average Bonchev–Trinajstić information content (AvgIpc) is 2.40. The summed E-state index contributed by atoms with van der Waals surface area (Å²) in [6.45, 7) is 7.30. The molecule has 4 heteroatoms. The van der Waals surface area contributed by atoms with E-state index in [0.717, 1.165) is 61.7 Å². The summed E-state index contributed by atoms with van der Waals surface area (Å²) in [4.78, 5) is 2.42. The second kappa shape index (κ2) is 6.41. The van der Waals surface area contributed by atoms with E-state index in [1.807, 2.05) is 19.1 Å². The lowest BCUT2D eigenvalue weighted by Gasteiger charge is -2.27. The highest BCUT2D eigenvalue weighted by Crippen LogP contribution is 2.28. The molecule has 0 saturated carbocycles. The van der Waals surface area contributed by atoms with E-state index in [1.54, 1.807) is 0 Å². The highest BCUT2D eigenvalue weighted by Gasteiger charge is 2.12. The third-order valence-corrected chi connectivity index (χ3v) is 3.74. The summed E-state index contributed by atoms with van der Waals surface area (Å²) in [6, 6.07) is 3.74.